The molecule has 0 fully saturated rings. The number of likely N-dealkylation sites (N-methyl/N-ethyl adjacent to an activating group) is 1. The molecule has 0 atom stereocenters. The highest BCUT2D eigenvalue weighted by molar-refractivity contribution is 7.46. The van der Waals surface area contributed by atoms with Gasteiger partial charge >= 0.3 is 7.82 Å². The van der Waals surface area contributed by atoms with Crippen LogP contribution in [-0.2, 0) is 13.7 Å². The maximum absolute atomic E-state index is 10.2. The molecule has 0 aromatic heterocycles. The highest BCUT2D eigenvalue weighted by Crippen LogP contribution is 2.35. The molecule has 0 amide bonds. The first kappa shape index (κ1) is 18.5. The van der Waals surface area contributed by atoms with Crippen molar-refractivity contribution in [3.05, 3.63) is 0 Å². The highest BCUT2D eigenvalue weighted by Gasteiger charge is 2.15. The Morgan fingerprint density at radius 2 is 1.44 bits per heavy atom. The van der Waals surface area contributed by atoms with Crippen molar-refractivity contribution in [1.82, 2.24) is 0 Å². The SMILES string of the molecule is C[N+](C)(C)CCOP(=O)(O)O.O=P([O-])([O-])[O-]. The number of quaternary nitrogens is 1. The number of phosphoric ester groups is 1. The third kappa shape index (κ3) is 36.8. The molecule has 9 nitrogen and oxygen atoms in total. The highest BCUT2D eigenvalue weighted by atomic mass is 31.2. The summed E-state index contributed by atoms with van der Waals surface area (Å²) >= 11 is 0. The quantitative estimate of drug-likeness (QED) is 0.407. The maximum Gasteiger partial charge on any atom is 0.469 e. The van der Waals surface area contributed by atoms with Crippen LogP contribution in [0.1, 0.15) is 0 Å². The first-order chi connectivity index (χ1) is 6.71. The lowest BCUT2D eigenvalue weighted by molar-refractivity contribution is -0.870. The van der Waals surface area contributed by atoms with E-state index < -0.39 is 15.6 Å². The Morgan fingerprint density at radius 1 is 1.12 bits per heavy atom. The van der Waals surface area contributed by atoms with Crippen LogP contribution < -0.4 is 14.7 Å². The van der Waals surface area contributed by atoms with Crippen LogP contribution in [0.25, 0.3) is 0 Å². The molecule has 0 aliphatic rings. The maximum atomic E-state index is 10.2. The van der Waals surface area contributed by atoms with Crippen molar-refractivity contribution in [1.29, 1.82) is 0 Å². The lowest BCUT2D eigenvalue weighted by Gasteiger charge is -2.36. The molecule has 0 saturated heterocycles. The van der Waals surface area contributed by atoms with Gasteiger partial charge in [-0.1, -0.05) is 0 Å². The fourth-order valence-corrected chi connectivity index (χ4v) is 0.753. The van der Waals surface area contributed by atoms with E-state index in [1.54, 1.807) is 0 Å². The molecule has 100 valence electrons. The lowest BCUT2D eigenvalue weighted by atomic mass is 10.5. The van der Waals surface area contributed by atoms with Crippen LogP contribution in [0.15, 0.2) is 0 Å². The molecule has 0 rings (SSSR count). The van der Waals surface area contributed by atoms with E-state index in [1.165, 1.54) is 0 Å². The number of hydrogen-bond acceptors (Lipinski definition) is 6. The zero-order valence-corrected chi connectivity index (χ0v) is 10.9. The zero-order valence-electron chi connectivity index (χ0n) is 9.10. The predicted molar refractivity (Wildman–Crippen MR) is 48.5 cm³/mol. The van der Waals surface area contributed by atoms with Gasteiger partial charge in [-0.3, -0.25) is 4.52 Å². The van der Waals surface area contributed by atoms with E-state index >= 15 is 0 Å². The molecule has 2 N–H and O–H groups in total. The van der Waals surface area contributed by atoms with Crippen molar-refractivity contribution in [3.8, 4) is 0 Å². The van der Waals surface area contributed by atoms with Crippen molar-refractivity contribution in [3.63, 3.8) is 0 Å². The van der Waals surface area contributed by atoms with E-state index in [0.717, 1.165) is 0 Å². The van der Waals surface area contributed by atoms with Crippen LogP contribution in [0.2, 0.25) is 0 Å². The Bertz CT molecular complexity index is 266. The second kappa shape index (κ2) is 6.80. The first-order valence-corrected chi connectivity index (χ1v) is 6.93. The van der Waals surface area contributed by atoms with Gasteiger partial charge in [0.2, 0.25) is 0 Å². The largest absolute Gasteiger partial charge is 0.822 e. The van der Waals surface area contributed by atoms with Gasteiger partial charge in [0.25, 0.3) is 0 Å². The van der Waals surface area contributed by atoms with Crippen LogP contribution in [0.3, 0.4) is 0 Å². The van der Waals surface area contributed by atoms with Crippen LogP contribution in [0.5, 0.6) is 0 Å². The Balaban J connectivity index is 0. The van der Waals surface area contributed by atoms with Crippen LogP contribution in [0.4, 0.5) is 0 Å². The van der Waals surface area contributed by atoms with Gasteiger partial charge < -0.3 is 33.5 Å². The van der Waals surface area contributed by atoms with E-state index in [0.29, 0.717) is 11.0 Å². The summed E-state index contributed by atoms with van der Waals surface area (Å²) in [4.78, 5) is 42.2. The number of rotatable bonds is 4. The van der Waals surface area contributed by atoms with Crippen molar-refractivity contribution in [2.75, 3.05) is 34.3 Å². The molecule has 0 aliphatic heterocycles. The molecular formula is C5H15NO8P2-2. The minimum Gasteiger partial charge on any atom is -0.822 e. The van der Waals surface area contributed by atoms with Gasteiger partial charge in [-0.2, -0.15) is 7.82 Å². The van der Waals surface area contributed by atoms with Crippen LogP contribution in [0, 0.1) is 0 Å². The van der Waals surface area contributed by atoms with Gasteiger partial charge in [0, 0.05) is 0 Å². The summed E-state index contributed by atoms with van der Waals surface area (Å²) in [6.07, 6.45) is 0. The summed E-state index contributed by atoms with van der Waals surface area (Å²) in [7, 11) is -3.89. The molecular weight excluding hydrogens is 264 g/mol. The Kier molecular flexibility index (Phi) is 7.89. The van der Waals surface area contributed by atoms with E-state index in [4.69, 9.17) is 29.0 Å². The molecule has 0 bridgehead atoms. The smallest absolute Gasteiger partial charge is 0.469 e. The van der Waals surface area contributed by atoms with Gasteiger partial charge in [-0.15, -0.1) is 0 Å². The fourth-order valence-electron chi connectivity index (χ4n) is 0.434. The minimum absolute atomic E-state index is 0.0772. The van der Waals surface area contributed by atoms with E-state index in [1.807, 2.05) is 21.1 Å². The Morgan fingerprint density at radius 3 is 1.62 bits per heavy atom. The molecule has 0 heterocycles. The monoisotopic (exact) mass is 279 g/mol. The normalized spacial score (nSPS) is 13.0. The van der Waals surface area contributed by atoms with Crippen molar-refractivity contribution in [2.45, 2.75) is 0 Å². The first-order valence-electron chi connectivity index (χ1n) is 3.94. The molecule has 0 aromatic rings. The van der Waals surface area contributed by atoms with Gasteiger partial charge in [-0.25, -0.2) is 4.57 Å². The van der Waals surface area contributed by atoms with E-state index in [9.17, 15) is 4.57 Å². The predicted octanol–water partition coefficient (Wildman–Crippen LogP) is -3.02. The molecule has 16 heavy (non-hydrogen) atoms. The standard InChI is InChI=1S/C5H14NO4P.H3O4P/c1-6(2,3)4-5-10-11(7,8)9;1-5(2,3)4/h4-5H2,1-3H3,(H-,7,8,9);(H3,1,2,3,4)/p-2. The van der Waals surface area contributed by atoms with E-state index in [-0.39, 0.29) is 6.61 Å². The number of hydrogen-bond donors (Lipinski definition) is 2. The molecule has 0 aromatic carbocycles. The topological polar surface area (TPSA) is 153 Å². The van der Waals surface area contributed by atoms with Crippen LogP contribution >= 0.6 is 15.6 Å². The van der Waals surface area contributed by atoms with Crippen molar-refractivity contribution in [2.24, 2.45) is 0 Å². The van der Waals surface area contributed by atoms with E-state index in [2.05, 4.69) is 4.52 Å². The average molecular weight is 279 g/mol. The van der Waals surface area contributed by atoms with Gasteiger partial charge in [0.15, 0.2) is 0 Å². The minimum atomic E-state index is -5.39. The average Bonchev–Trinajstić information content (AvgIpc) is 1.74. The molecule has 0 saturated carbocycles. The molecule has 0 radical (unpaired) electrons. The molecule has 0 aliphatic carbocycles. The zero-order chi connectivity index (χ0) is 13.6. The summed E-state index contributed by atoms with van der Waals surface area (Å²) in [5.74, 6) is 0. The van der Waals surface area contributed by atoms with Crippen molar-refractivity contribution < 1.29 is 42.6 Å². The summed E-state index contributed by atoms with van der Waals surface area (Å²) in [6, 6.07) is 0. The Hall–Kier alpha value is 0.180. The van der Waals surface area contributed by atoms with Crippen LogP contribution in [-0.4, -0.2) is 48.6 Å². The fraction of sp³-hybridized carbons (Fsp3) is 1.00. The van der Waals surface area contributed by atoms with Gasteiger partial charge in [0.05, 0.1) is 21.1 Å². The second-order valence-electron chi connectivity index (χ2n) is 3.78. The third-order valence-electron chi connectivity index (χ3n) is 1.02. The molecule has 11 heteroatoms. The summed E-state index contributed by atoms with van der Waals surface area (Å²) in [6.45, 7) is 0.652. The number of nitrogens with zero attached hydrogens (tertiary/aromatic N) is 1. The number of phosphoric acid groups is 2. The lowest BCUT2D eigenvalue weighted by Crippen LogP contribution is -2.37. The third-order valence-corrected chi connectivity index (χ3v) is 1.54. The van der Waals surface area contributed by atoms with Crippen molar-refractivity contribution >= 4 is 15.6 Å². The summed E-state index contributed by atoms with van der Waals surface area (Å²) in [5, 5.41) is 0. The Labute approximate surface area is 93.4 Å². The van der Waals surface area contributed by atoms with Gasteiger partial charge in [-0.05, 0) is 0 Å². The molecule has 0 spiro atoms. The summed E-state index contributed by atoms with van der Waals surface area (Å²) < 4.78 is 23.6. The van der Waals surface area contributed by atoms with Gasteiger partial charge in [0.1, 0.15) is 13.2 Å². The second-order valence-corrected chi connectivity index (χ2v) is 5.92. The summed E-state index contributed by atoms with van der Waals surface area (Å²) in [5.41, 5.74) is 0. The molecule has 0 unspecified atom stereocenters.